The van der Waals surface area contributed by atoms with E-state index in [4.69, 9.17) is 4.74 Å². The Bertz CT molecular complexity index is 443. The quantitative estimate of drug-likeness (QED) is 0.458. The van der Waals surface area contributed by atoms with Gasteiger partial charge in [0.15, 0.2) is 6.10 Å². The van der Waals surface area contributed by atoms with E-state index < -0.39 is 11.5 Å². The van der Waals surface area contributed by atoms with Crippen molar-refractivity contribution >= 4 is 17.3 Å². The normalized spacial score (nSPS) is 12.4. The minimum Gasteiger partial charge on any atom is -0.443 e. The molecule has 0 aliphatic heterocycles. The summed E-state index contributed by atoms with van der Waals surface area (Å²) in [6, 6.07) is 3.91. The summed E-state index contributed by atoms with van der Waals surface area (Å²) in [6.45, 7) is 7.69. The maximum absolute atomic E-state index is 12.0. The van der Waals surface area contributed by atoms with Crippen LogP contribution in [-0.4, -0.2) is 5.97 Å². The lowest BCUT2D eigenvalue weighted by molar-refractivity contribution is -0.156. The lowest BCUT2D eigenvalue weighted by atomic mass is 9.97. The third-order valence-corrected chi connectivity index (χ3v) is 3.44. The number of carbonyl (C=O) groups is 1. The first-order valence-corrected chi connectivity index (χ1v) is 7.56. The van der Waals surface area contributed by atoms with Gasteiger partial charge in [-0.05, 0) is 38.6 Å². The van der Waals surface area contributed by atoms with Crippen LogP contribution in [0, 0.1) is 17.3 Å². The van der Waals surface area contributed by atoms with Crippen molar-refractivity contribution in [2.24, 2.45) is 5.41 Å². The molecule has 0 bridgehead atoms. The molecule has 0 saturated heterocycles. The molecule has 1 atom stereocenters. The lowest BCUT2D eigenvalue weighted by Gasteiger charge is -2.19. The van der Waals surface area contributed by atoms with Gasteiger partial charge in [-0.3, -0.25) is 4.79 Å². The molecule has 3 heteroatoms. The molecule has 1 aromatic rings. The largest absolute Gasteiger partial charge is 0.443 e. The number of esters is 1. The van der Waals surface area contributed by atoms with Crippen LogP contribution in [-0.2, 0) is 9.53 Å². The standard InChI is InChI=1S/C16H22O2S/c1-5-6-7-8-10-13(14-11-9-12-19-14)18-15(17)16(2,3)4/h9,11-13H,5-7H2,1-4H3. The molecule has 19 heavy (non-hydrogen) atoms. The third-order valence-electron chi connectivity index (χ3n) is 2.53. The van der Waals surface area contributed by atoms with Gasteiger partial charge in [0, 0.05) is 6.42 Å². The molecule has 0 radical (unpaired) electrons. The van der Waals surface area contributed by atoms with Crippen LogP contribution in [0.15, 0.2) is 17.5 Å². The van der Waals surface area contributed by atoms with Gasteiger partial charge in [-0.1, -0.05) is 31.3 Å². The summed E-state index contributed by atoms with van der Waals surface area (Å²) in [5.74, 6) is 5.98. The molecule has 1 aromatic heterocycles. The van der Waals surface area contributed by atoms with Crippen molar-refractivity contribution in [2.75, 3.05) is 0 Å². The van der Waals surface area contributed by atoms with Gasteiger partial charge in [-0.25, -0.2) is 0 Å². The van der Waals surface area contributed by atoms with Crippen molar-refractivity contribution in [3.05, 3.63) is 22.4 Å². The van der Waals surface area contributed by atoms with Crippen LogP contribution < -0.4 is 0 Å². The van der Waals surface area contributed by atoms with Crippen LogP contribution in [0.3, 0.4) is 0 Å². The molecule has 0 aliphatic carbocycles. The summed E-state index contributed by atoms with van der Waals surface area (Å²) in [4.78, 5) is 13.0. The molecule has 0 amide bonds. The van der Waals surface area contributed by atoms with E-state index in [1.807, 2.05) is 38.3 Å². The zero-order valence-electron chi connectivity index (χ0n) is 12.2. The Kier molecular flexibility index (Phi) is 6.11. The van der Waals surface area contributed by atoms with E-state index in [2.05, 4.69) is 18.8 Å². The summed E-state index contributed by atoms with van der Waals surface area (Å²) in [7, 11) is 0. The zero-order chi connectivity index (χ0) is 14.3. The van der Waals surface area contributed by atoms with Gasteiger partial charge in [0.25, 0.3) is 0 Å². The number of hydrogen-bond acceptors (Lipinski definition) is 3. The molecule has 1 unspecified atom stereocenters. The van der Waals surface area contributed by atoms with E-state index in [0.29, 0.717) is 0 Å². The number of carbonyl (C=O) groups excluding carboxylic acids is 1. The minimum atomic E-state index is -0.499. The topological polar surface area (TPSA) is 26.3 Å². The van der Waals surface area contributed by atoms with Gasteiger partial charge in [-0.15, -0.1) is 11.3 Å². The highest BCUT2D eigenvalue weighted by atomic mass is 32.1. The summed E-state index contributed by atoms with van der Waals surface area (Å²) in [5, 5.41) is 1.97. The molecular formula is C16H22O2S. The van der Waals surface area contributed by atoms with Crippen molar-refractivity contribution in [3.63, 3.8) is 0 Å². The Morgan fingerprint density at radius 2 is 2.21 bits per heavy atom. The van der Waals surface area contributed by atoms with E-state index in [9.17, 15) is 4.79 Å². The first-order valence-electron chi connectivity index (χ1n) is 6.68. The minimum absolute atomic E-state index is 0.212. The molecule has 0 aliphatic rings. The second-order valence-electron chi connectivity index (χ2n) is 5.48. The van der Waals surface area contributed by atoms with Gasteiger partial charge >= 0.3 is 5.97 Å². The fourth-order valence-corrected chi connectivity index (χ4v) is 2.02. The van der Waals surface area contributed by atoms with Crippen molar-refractivity contribution in [1.29, 1.82) is 0 Å². The van der Waals surface area contributed by atoms with Gasteiger partial charge in [-0.2, -0.15) is 0 Å². The van der Waals surface area contributed by atoms with Crippen LogP contribution >= 0.6 is 11.3 Å². The van der Waals surface area contributed by atoms with Gasteiger partial charge in [0.2, 0.25) is 0 Å². The highest BCUT2D eigenvalue weighted by Crippen LogP contribution is 2.26. The van der Waals surface area contributed by atoms with Crippen molar-refractivity contribution in [2.45, 2.75) is 53.1 Å². The lowest BCUT2D eigenvalue weighted by Crippen LogP contribution is -2.24. The van der Waals surface area contributed by atoms with E-state index in [1.165, 1.54) is 0 Å². The van der Waals surface area contributed by atoms with E-state index in [-0.39, 0.29) is 5.97 Å². The van der Waals surface area contributed by atoms with Crippen LogP contribution in [0.4, 0.5) is 0 Å². The van der Waals surface area contributed by atoms with Crippen LogP contribution in [0.2, 0.25) is 0 Å². The number of ether oxygens (including phenoxy) is 1. The van der Waals surface area contributed by atoms with Crippen LogP contribution in [0.1, 0.15) is 57.9 Å². The Balaban J connectivity index is 2.76. The first-order chi connectivity index (χ1) is 8.95. The van der Waals surface area contributed by atoms with E-state index >= 15 is 0 Å². The monoisotopic (exact) mass is 278 g/mol. The van der Waals surface area contributed by atoms with Crippen molar-refractivity contribution < 1.29 is 9.53 Å². The average Bonchev–Trinajstić information content (AvgIpc) is 2.85. The molecule has 1 rings (SSSR count). The number of thiophene rings is 1. The predicted molar refractivity (Wildman–Crippen MR) is 79.9 cm³/mol. The van der Waals surface area contributed by atoms with E-state index in [0.717, 1.165) is 24.1 Å². The summed E-state index contributed by atoms with van der Waals surface area (Å²) in [6.07, 6.45) is 2.63. The highest BCUT2D eigenvalue weighted by Gasteiger charge is 2.26. The third kappa shape index (κ3) is 5.48. The summed E-state index contributed by atoms with van der Waals surface area (Å²) < 4.78 is 5.54. The summed E-state index contributed by atoms with van der Waals surface area (Å²) >= 11 is 1.57. The first kappa shape index (κ1) is 15.8. The van der Waals surface area contributed by atoms with Gasteiger partial charge in [0.1, 0.15) is 0 Å². The molecule has 0 aromatic carbocycles. The Labute approximate surface area is 120 Å². The Morgan fingerprint density at radius 3 is 2.74 bits per heavy atom. The van der Waals surface area contributed by atoms with E-state index in [1.54, 1.807) is 11.3 Å². The number of unbranched alkanes of at least 4 members (excludes halogenated alkanes) is 2. The van der Waals surface area contributed by atoms with Gasteiger partial charge < -0.3 is 4.74 Å². The fourth-order valence-electron chi connectivity index (χ4n) is 1.31. The molecule has 104 valence electrons. The molecule has 0 N–H and O–H groups in total. The van der Waals surface area contributed by atoms with Crippen LogP contribution in [0.25, 0.3) is 0 Å². The molecular weight excluding hydrogens is 256 g/mol. The number of hydrogen-bond donors (Lipinski definition) is 0. The second kappa shape index (κ2) is 7.35. The second-order valence-corrected chi connectivity index (χ2v) is 6.45. The maximum Gasteiger partial charge on any atom is 0.312 e. The van der Waals surface area contributed by atoms with Crippen molar-refractivity contribution in [3.8, 4) is 11.8 Å². The molecule has 0 saturated carbocycles. The smallest absolute Gasteiger partial charge is 0.312 e. The van der Waals surface area contributed by atoms with Crippen molar-refractivity contribution in [1.82, 2.24) is 0 Å². The Hall–Kier alpha value is -1.27. The Morgan fingerprint density at radius 1 is 1.47 bits per heavy atom. The molecule has 0 spiro atoms. The average molecular weight is 278 g/mol. The fraction of sp³-hybridized carbons (Fsp3) is 0.562. The number of rotatable bonds is 4. The zero-order valence-corrected chi connectivity index (χ0v) is 13.0. The molecule has 2 nitrogen and oxygen atoms in total. The molecule has 0 fully saturated rings. The molecule has 1 heterocycles. The SMILES string of the molecule is CCCCC#CC(OC(=O)C(C)(C)C)c1cccs1. The highest BCUT2D eigenvalue weighted by molar-refractivity contribution is 7.10. The maximum atomic E-state index is 12.0. The van der Waals surface area contributed by atoms with Crippen LogP contribution in [0.5, 0.6) is 0 Å². The predicted octanol–water partition coefficient (Wildman–Crippen LogP) is 4.57. The summed E-state index contributed by atoms with van der Waals surface area (Å²) in [5.41, 5.74) is -0.499. The van der Waals surface area contributed by atoms with Gasteiger partial charge in [0.05, 0.1) is 10.3 Å².